The first-order valence-corrected chi connectivity index (χ1v) is 5.79. The summed E-state index contributed by atoms with van der Waals surface area (Å²) in [4.78, 5) is 14.9. The fraction of sp³-hybridized carbons (Fsp3) is 0.455. The number of nitrogens with zero attached hydrogens (tertiary/aromatic N) is 2. The Morgan fingerprint density at radius 1 is 1.62 bits per heavy atom. The van der Waals surface area contributed by atoms with Crippen molar-refractivity contribution in [2.75, 3.05) is 14.1 Å². The number of thiophene rings is 1. The molecule has 0 saturated heterocycles. The molecule has 1 aromatic rings. The van der Waals surface area contributed by atoms with Crippen LogP contribution in [0.4, 0.5) is 0 Å². The third-order valence-electron chi connectivity index (χ3n) is 2.17. The highest BCUT2D eigenvalue weighted by Crippen LogP contribution is 2.14. The van der Waals surface area contributed by atoms with E-state index in [4.69, 9.17) is 5.26 Å². The Kier molecular flexibility index (Phi) is 4.47. The Balaban J connectivity index is 2.46. The molecule has 0 bridgehead atoms. The summed E-state index contributed by atoms with van der Waals surface area (Å²) in [7, 11) is 3.47. The molecule has 86 valence electrons. The number of hydrogen-bond donors (Lipinski definition) is 1. The molecule has 5 heteroatoms. The zero-order valence-corrected chi connectivity index (χ0v) is 10.5. The summed E-state index contributed by atoms with van der Waals surface area (Å²) < 4.78 is 0. The number of amides is 1. The molecular weight excluding hydrogens is 222 g/mol. The second-order valence-electron chi connectivity index (χ2n) is 3.71. The Morgan fingerprint density at radius 3 is 2.81 bits per heavy atom. The molecular formula is C11H15N3OS. The van der Waals surface area contributed by atoms with Gasteiger partial charge in [0.05, 0.1) is 6.04 Å². The van der Waals surface area contributed by atoms with Crippen LogP contribution >= 0.6 is 11.3 Å². The van der Waals surface area contributed by atoms with Crippen molar-refractivity contribution in [3.63, 3.8) is 0 Å². The topological polar surface area (TPSA) is 56.1 Å². The zero-order valence-electron chi connectivity index (χ0n) is 9.65. The molecule has 0 radical (unpaired) electrons. The summed E-state index contributed by atoms with van der Waals surface area (Å²) in [6, 6.07) is 5.58. The van der Waals surface area contributed by atoms with Gasteiger partial charge in [-0.2, -0.15) is 5.26 Å². The normalized spacial score (nSPS) is 11.9. The van der Waals surface area contributed by atoms with E-state index in [1.54, 1.807) is 25.1 Å². The molecule has 0 aliphatic rings. The van der Waals surface area contributed by atoms with Crippen LogP contribution in [0, 0.1) is 11.3 Å². The maximum absolute atomic E-state index is 11.5. The number of likely N-dealkylation sites (N-methyl/N-ethyl adjacent to an activating group) is 1. The van der Waals surface area contributed by atoms with E-state index < -0.39 is 0 Å². The fourth-order valence-electron chi connectivity index (χ4n) is 1.26. The molecule has 1 aromatic heterocycles. The molecule has 1 N–H and O–H groups in total. The van der Waals surface area contributed by atoms with Crippen molar-refractivity contribution in [1.29, 1.82) is 5.26 Å². The Hall–Kier alpha value is -1.38. The first kappa shape index (κ1) is 12.7. The van der Waals surface area contributed by atoms with Crippen LogP contribution in [0.25, 0.3) is 0 Å². The molecule has 1 rings (SSSR count). The average Bonchev–Trinajstić information content (AvgIpc) is 2.72. The Labute approximate surface area is 99.5 Å². The molecule has 1 atom stereocenters. The van der Waals surface area contributed by atoms with Gasteiger partial charge in [-0.05, 0) is 19.1 Å². The highest BCUT2D eigenvalue weighted by atomic mass is 32.1. The maximum atomic E-state index is 11.5. The monoisotopic (exact) mass is 237 g/mol. The number of rotatable bonds is 4. The lowest BCUT2D eigenvalue weighted by molar-refractivity contribution is -0.130. The molecule has 0 fully saturated rings. The largest absolute Gasteiger partial charge is 0.347 e. The van der Waals surface area contributed by atoms with Crippen molar-refractivity contribution in [1.82, 2.24) is 10.2 Å². The number of hydrogen-bond acceptors (Lipinski definition) is 4. The molecule has 1 amide bonds. The fourth-order valence-corrected chi connectivity index (χ4v) is 2.02. The van der Waals surface area contributed by atoms with E-state index in [1.807, 2.05) is 13.0 Å². The quantitative estimate of drug-likeness (QED) is 0.855. The number of carbonyl (C=O) groups excluding carboxylic acids is 1. The molecule has 0 aliphatic heterocycles. The third kappa shape index (κ3) is 3.33. The summed E-state index contributed by atoms with van der Waals surface area (Å²) in [6.07, 6.45) is 0. The van der Waals surface area contributed by atoms with Gasteiger partial charge in [-0.3, -0.25) is 4.79 Å². The van der Waals surface area contributed by atoms with E-state index in [-0.39, 0.29) is 11.9 Å². The molecule has 0 aromatic carbocycles. The maximum Gasteiger partial charge on any atom is 0.238 e. The van der Waals surface area contributed by atoms with Crippen LogP contribution in [0.15, 0.2) is 12.1 Å². The summed E-state index contributed by atoms with van der Waals surface area (Å²) in [5, 5.41) is 11.8. The van der Waals surface area contributed by atoms with Gasteiger partial charge in [0, 0.05) is 25.5 Å². The van der Waals surface area contributed by atoms with Crippen LogP contribution in [-0.4, -0.2) is 30.9 Å². The van der Waals surface area contributed by atoms with Crippen molar-refractivity contribution in [3.8, 4) is 6.07 Å². The first-order chi connectivity index (χ1) is 7.54. The lowest BCUT2D eigenvalue weighted by Gasteiger charge is -2.17. The second-order valence-corrected chi connectivity index (χ2v) is 4.88. The minimum atomic E-state index is -0.206. The minimum absolute atomic E-state index is 0.0528. The molecule has 4 nitrogen and oxygen atoms in total. The smallest absolute Gasteiger partial charge is 0.238 e. The van der Waals surface area contributed by atoms with Crippen LogP contribution in [0.1, 0.15) is 16.7 Å². The molecule has 1 unspecified atom stereocenters. The van der Waals surface area contributed by atoms with E-state index in [2.05, 4.69) is 11.4 Å². The summed E-state index contributed by atoms with van der Waals surface area (Å²) in [6.45, 7) is 2.45. The van der Waals surface area contributed by atoms with Gasteiger partial charge in [-0.1, -0.05) is 0 Å². The van der Waals surface area contributed by atoms with Gasteiger partial charge < -0.3 is 10.2 Å². The Morgan fingerprint density at radius 2 is 2.31 bits per heavy atom. The lowest BCUT2D eigenvalue weighted by atomic mass is 10.3. The van der Waals surface area contributed by atoms with Gasteiger partial charge in [-0.15, -0.1) is 11.3 Å². The molecule has 0 aliphatic carbocycles. The molecule has 0 saturated carbocycles. The average molecular weight is 237 g/mol. The van der Waals surface area contributed by atoms with Crippen LogP contribution in [0.2, 0.25) is 0 Å². The standard InChI is InChI=1S/C11H15N3OS/c1-8(11(15)14(2)3)13-7-10-5-4-9(6-12)16-10/h4-5,8,13H,7H2,1-3H3. The highest BCUT2D eigenvalue weighted by Gasteiger charge is 2.13. The van der Waals surface area contributed by atoms with Crippen LogP contribution in [0.3, 0.4) is 0 Å². The molecule has 1 heterocycles. The molecule has 16 heavy (non-hydrogen) atoms. The number of nitriles is 1. The van der Waals surface area contributed by atoms with Crippen molar-refractivity contribution in [3.05, 3.63) is 21.9 Å². The predicted octanol–water partition coefficient (Wildman–Crippen LogP) is 1.19. The van der Waals surface area contributed by atoms with Crippen molar-refractivity contribution in [2.24, 2.45) is 0 Å². The summed E-state index contributed by atoms with van der Waals surface area (Å²) in [5.41, 5.74) is 0. The summed E-state index contributed by atoms with van der Waals surface area (Å²) >= 11 is 1.45. The zero-order chi connectivity index (χ0) is 12.1. The number of nitrogens with one attached hydrogen (secondary N) is 1. The summed E-state index contributed by atoms with van der Waals surface area (Å²) in [5.74, 6) is 0.0528. The van der Waals surface area contributed by atoms with Gasteiger partial charge in [0.15, 0.2) is 0 Å². The van der Waals surface area contributed by atoms with E-state index >= 15 is 0 Å². The van der Waals surface area contributed by atoms with E-state index in [0.717, 1.165) is 4.88 Å². The molecule has 0 spiro atoms. The van der Waals surface area contributed by atoms with Gasteiger partial charge in [0.1, 0.15) is 10.9 Å². The van der Waals surface area contributed by atoms with Gasteiger partial charge in [0.25, 0.3) is 0 Å². The highest BCUT2D eigenvalue weighted by molar-refractivity contribution is 7.12. The van der Waals surface area contributed by atoms with Crippen molar-refractivity contribution >= 4 is 17.2 Å². The Bertz CT molecular complexity index is 406. The van der Waals surface area contributed by atoms with Crippen molar-refractivity contribution < 1.29 is 4.79 Å². The lowest BCUT2D eigenvalue weighted by Crippen LogP contribution is -2.40. The third-order valence-corrected chi connectivity index (χ3v) is 3.16. The SMILES string of the molecule is CC(NCc1ccc(C#N)s1)C(=O)N(C)C. The van der Waals surface area contributed by atoms with E-state index in [9.17, 15) is 4.79 Å². The predicted molar refractivity (Wildman–Crippen MR) is 64.0 cm³/mol. The van der Waals surface area contributed by atoms with Crippen LogP contribution < -0.4 is 5.32 Å². The van der Waals surface area contributed by atoms with Crippen molar-refractivity contribution in [2.45, 2.75) is 19.5 Å². The minimum Gasteiger partial charge on any atom is -0.347 e. The second kappa shape index (κ2) is 5.64. The van der Waals surface area contributed by atoms with Gasteiger partial charge in [0.2, 0.25) is 5.91 Å². The van der Waals surface area contributed by atoms with Crippen LogP contribution in [0.5, 0.6) is 0 Å². The van der Waals surface area contributed by atoms with Gasteiger partial charge in [-0.25, -0.2) is 0 Å². The first-order valence-electron chi connectivity index (χ1n) is 4.98. The van der Waals surface area contributed by atoms with Gasteiger partial charge >= 0.3 is 0 Å². The van der Waals surface area contributed by atoms with E-state index in [1.165, 1.54) is 11.3 Å². The number of carbonyl (C=O) groups is 1. The van der Waals surface area contributed by atoms with E-state index in [0.29, 0.717) is 11.4 Å². The van der Waals surface area contributed by atoms with Crippen LogP contribution in [-0.2, 0) is 11.3 Å².